The first-order chi connectivity index (χ1) is 10.6. The van der Waals surface area contributed by atoms with Gasteiger partial charge in [0.2, 0.25) is 0 Å². The molecule has 22 heavy (non-hydrogen) atoms. The zero-order chi connectivity index (χ0) is 15.3. The summed E-state index contributed by atoms with van der Waals surface area (Å²) in [6, 6.07) is 21.4. The first-order valence-electron chi connectivity index (χ1n) is 8.25. The van der Waals surface area contributed by atoms with Gasteiger partial charge in [-0.2, -0.15) is 0 Å². The molecule has 0 radical (unpaired) electrons. The van der Waals surface area contributed by atoms with E-state index in [2.05, 4.69) is 79.8 Å². The molecule has 0 unspecified atom stereocenters. The quantitative estimate of drug-likeness (QED) is 0.915. The van der Waals surface area contributed by atoms with Gasteiger partial charge < -0.3 is 4.74 Å². The summed E-state index contributed by atoms with van der Waals surface area (Å²) in [4.78, 5) is 0. The third kappa shape index (κ3) is 1.68. The Bertz CT molecular complexity index is 629. The monoisotopic (exact) mass is 293 g/mol. The van der Waals surface area contributed by atoms with Crippen molar-refractivity contribution in [2.75, 3.05) is 0 Å². The van der Waals surface area contributed by atoms with Gasteiger partial charge in [0, 0.05) is 0 Å². The molecule has 2 atom stereocenters. The van der Waals surface area contributed by atoms with Crippen molar-refractivity contribution in [1.82, 2.24) is 5.32 Å². The van der Waals surface area contributed by atoms with Crippen LogP contribution in [0.1, 0.15) is 44.2 Å². The molecule has 114 valence electrons. The fraction of sp³-hybridized carbons (Fsp3) is 0.400. The van der Waals surface area contributed by atoms with Crippen LogP contribution in [0, 0.1) is 0 Å². The highest BCUT2D eigenvalue weighted by Gasteiger charge is 2.67. The molecule has 0 aliphatic carbocycles. The maximum atomic E-state index is 6.79. The van der Waals surface area contributed by atoms with Gasteiger partial charge in [0.1, 0.15) is 11.3 Å². The van der Waals surface area contributed by atoms with Gasteiger partial charge in [-0.05, 0) is 37.3 Å². The highest BCUT2D eigenvalue weighted by molar-refractivity contribution is 5.44. The van der Waals surface area contributed by atoms with Crippen LogP contribution in [-0.4, -0.2) is 11.3 Å². The Balaban J connectivity index is 1.99. The van der Waals surface area contributed by atoms with Crippen LogP contribution >= 0.6 is 0 Å². The standard InChI is InChI=1S/C20H23NO/c1-3-19-15-14-18(2,21-19)22-20(19,16-10-6-4-7-11-16)17-12-8-5-9-13-17/h4-13,21H,3,14-15H2,1-2H3/t18-,19-/m0/s1. The van der Waals surface area contributed by atoms with Crippen molar-refractivity contribution in [3.63, 3.8) is 0 Å². The molecule has 2 saturated heterocycles. The smallest absolute Gasteiger partial charge is 0.139 e. The molecule has 2 aliphatic rings. The van der Waals surface area contributed by atoms with E-state index < -0.39 is 5.60 Å². The van der Waals surface area contributed by atoms with E-state index in [4.69, 9.17) is 4.74 Å². The molecular formula is C20H23NO. The first-order valence-corrected chi connectivity index (χ1v) is 8.25. The SMILES string of the molecule is CC[C@@]12CC[C@@](C)(N1)OC2(c1ccccc1)c1ccccc1. The van der Waals surface area contributed by atoms with E-state index in [0.717, 1.165) is 19.3 Å². The van der Waals surface area contributed by atoms with E-state index in [0.29, 0.717) is 0 Å². The van der Waals surface area contributed by atoms with Gasteiger partial charge in [-0.15, -0.1) is 0 Å². The molecule has 0 saturated carbocycles. The van der Waals surface area contributed by atoms with E-state index in [9.17, 15) is 0 Å². The van der Waals surface area contributed by atoms with Crippen LogP contribution in [0.5, 0.6) is 0 Å². The molecule has 2 heterocycles. The predicted octanol–water partition coefficient (Wildman–Crippen LogP) is 4.21. The molecule has 2 fully saturated rings. The van der Waals surface area contributed by atoms with Gasteiger partial charge >= 0.3 is 0 Å². The summed E-state index contributed by atoms with van der Waals surface area (Å²) in [6.07, 6.45) is 3.26. The lowest BCUT2D eigenvalue weighted by Crippen LogP contribution is -2.54. The summed E-state index contributed by atoms with van der Waals surface area (Å²) in [5, 5.41) is 3.83. The number of hydrogen-bond donors (Lipinski definition) is 1. The number of nitrogens with one attached hydrogen (secondary N) is 1. The average molecular weight is 293 g/mol. The highest BCUT2D eigenvalue weighted by Crippen LogP contribution is 2.59. The Morgan fingerprint density at radius 1 is 0.909 bits per heavy atom. The van der Waals surface area contributed by atoms with Crippen molar-refractivity contribution in [3.8, 4) is 0 Å². The van der Waals surface area contributed by atoms with E-state index in [1.165, 1.54) is 11.1 Å². The molecule has 2 heteroatoms. The lowest BCUT2D eigenvalue weighted by molar-refractivity contribution is -0.122. The van der Waals surface area contributed by atoms with E-state index in [1.54, 1.807) is 0 Å². The van der Waals surface area contributed by atoms with Crippen LogP contribution < -0.4 is 5.32 Å². The van der Waals surface area contributed by atoms with Gasteiger partial charge in [0.25, 0.3) is 0 Å². The number of ether oxygens (including phenoxy) is 1. The van der Waals surface area contributed by atoms with Crippen LogP contribution in [-0.2, 0) is 10.3 Å². The van der Waals surface area contributed by atoms with Crippen molar-refractivity contribution in [2.45, 2.75) is 50.0 Å². The lowest BCUT2D eigenvalue weighted by atomic mass is 9.68. The van der Waals surface area contributed by atoms with Crippen molar-refractivity contribution in [2.24, 2.45) is 0 Å². The zero-order valence-corrected chi connectivity index (χ0v) is 13.3. The zero-order valence-electron chi connectivity index (χ0n) is 13.3. The molecule has 0 aromatic heterocycles. The molecule has 2 aliphatic heterocycles. The third-order valence-corrected chi connectivity index (χ3v) is 5.55. The van der Waals surface area contributed by atoms with Crippen LogP contribution in [0.25, 0.3) is 0 Å². The molecule has 0 amide bonds. The predicted molar refractivity (Wildman–Crippen MR) is 88.5 cm³/mol. The van der Waals surface area contributed by atoms with Gasteiger partial charge in [0.05, 0.1) is 5.54 Å². The Hall–Kier alpha value is -1.64. The van der Waals surface area contributed by atoms with Crippen LogP contribution in [0.15, 0.2) is 60.7 Å². The van der Waals surface area contributed by atoms with Crippen molar-refractivity contribution in [1.29, 1.82) is 0 Å². The first kappa shape index (κ1) is 14.0. The highest BCUT2D eigenvalue weighted by atomic mass is 16.6. The topological polar surface area (TPSA) is 21.3 Å². The Labute approximate surface area is 132 Å². The number of rotatable bonds is 3. The van der Waals surface area contributed by atoms with E-state index in [-0.39, 0.29) is 11.3 Å². The van der Waals surface area contributed by atoms with E-state index in [1.807, 2.05) is 0 Å². The summed E-state index contributed by atoms with van der Waals surface area (Å²) in [6.45, 7) is 4.46. The average Bonchev–Trinajstić information content (AvgIpc) is 3.06. The summed E-state index contributed by atoms with van der Waals surface area (Å²) in [5.74, 6) is 0. The Morgan fingerprint density at radius 3 is 1.91 bits per heavy atom. The molecule has 2 nitrogen and oxygen atoms in total. The van der Waals surface area contributed by atoms with E-state index >= 15 is 0 Å². The van der Waals surface area contributed by atoms with Crippen LogP contribution in [0.4, 0.5) is 0 Å². The summed E-state index contributed by atoms with van der Waals surface area (Å²) >= 11 is 0. The Morgan fingerprint density at radius 2 is 1.45 bits per heavy atom. The minimum atomic E-state index is -0.405. The minimum Gasteiger partial charge on any atom is -0.343 e. The van der Waals surface area contributed by atoms with Crippen LogP contribution in [0.3, 0.4) is 0 Å². The molecule has 2 aromatic rings. The molecule has 4 rings (SSSR count). The summed E-state index contributed by atoms with van der Waals surface area (Å²) in [5.41, 5.74) is 1.82. The molecular weight excluding hydrogens is 270 g/mol. The second kappa shape index (κ2) is 4.68. The number of fused-ring (bicyclic) bond motifs is 2. The van der Waals surface area contributed by atoms with Crippen molar-refractivity contribution >= 4 is 0 Å². The van der Waals surface area contributed by atoms with Gasteiger partial charge in [-0.1, -0.05) is 67.6 Å². The van der Waals surface area contributed by atoms with Crippen molar-refractivity contribution < 1.29 is 4.74 Å². The normalized spacial score (nSPS) is 32.3. The molecule has 2 aromatic carbocycles. The summed E-state index contributed by atoms with van der Waals surface area (Å²) in [7, 11) is 0. The molecule has 1 N–H and O–H groups in total. The van der Waals surface area contributed by atoms with Gasteiger partial charge in [-0.25, -0.2) is 0 Å². The fourth-order valence-corrected chi connectivity index (χ4v) is 4.56. The fourth-order valence-electron chi connectivity index (χ4n) is 4.56. The van der Waals surface area contributed by atoms with Crippen molar-refractivity contribution in [3.05, 3.63) is 71.8 Å². The summed E-state index contributed by atoms with van der Waals surface area (Å²) < 4.78 is 6.79. The van der Waals surface area contributed by atoms with Gasteiger partial charge in [-0.3, -0.25) is 5.32 Å². The maximum absolute atomic E-state index is 6.79. The number of benzene rings is 2. The van der Waals surface area contributed by atoms with Crippen LogP contribution in [0.2, 0.25) is 0 Å². The second-order valence-electron chi connectivity index (χ2n) is 6.81. The Kier molecular flexibility index (Phi) is 2.97. The minimum absolute atomic E-state index is 0.0372. The van der Waals surface area contributed by atoms with Gasteiger partial charge in [0.15, 0.2) is 0 Å². The molecule has 2 bridgehead atoms. The molecule has 0 spiro atoms. The number of hydrogen-bond acceptors (Lipinski definition) is 2. The lowest BCUT2D eigenvalue weighted by Gasteiger charge is -2.46. The second-order valence-corrected chi connectivity index (χ2v) is 6.81. The third-order valence-electron chi connectivity index (χ3n) is 5.55. The largest absolute Gasteiger partial charge is 0.343 e. The maximum Gasteiger partial charge on any atom is 0.139 e.